The zero-order valence-corrected chi connectivity index (χ0v) is 15.7. The Balaban J connectivity index is 1.63. The van der Waals surface area contributed by atoms with Crippen molar-refractivity contribution in [2.24, 2.45) is 0 Å². The van der Waals surface area contributed by atoms with Gasteiger partial charge in [0.2, 0.25) is 12.7 Å². The highest BCUT2D eigenvalue weighted by molar-refractivity contribution is 5.88. The molecule has 1 aromatic rings. The van der Waals surface area contributed by atoms with Gasteiger partial charge in [0, 0.05) is 19.7 Å². The van der Waals surface area contributed by atoms with Crippen molar-refractivity contribution < 1.29 is 19.0 Å². The van der Waals surface area contributed by atoms with Crippen molar-refractivity contribution in [3.05, 3.63) is 23.8 Å². The molecule has 2 heterocycles. The number of carbonyl (C=O) groups excluding carboxylic acids is 1. The molecule has 26 heavy (non-hydrogen) atoms. The fraction of sp³-hybridized carbons (Fsp3) is 0.667. The van der Waals surface area contributed by atoms with Gasteiger partial charge in [0.15, 0.2) is 11.5 Å². The molecular weight excluding hydrogens is 330 g/mol. The molecular formula is C21H29NO4. The Kier molecular flexibility index (Phi) is 5.07. The second-order valence-electron chi connectivity index (χ2n) is 7.69. The number of amides is 1. The van der Waals surface area contributed by atoms with Crippen LogP contribution in [0.1, 0.15) is 57.4 Å². The molecule has 0 N–H and O–H groups in total. The highest BCUT2D eigenvalue weighted by Gasteiger charge is 2.44. The lowest BCUT2D eigenvalue weighted by Crippen LogP contribution is -2.50. The number of fused-ring (bicyclic) bond motifs is 1. The standard InChI is InChI=1S/C21H29NO4/c1-2-22(14-17-7-6-12-24-17)20(23)21(10-4-3-5-11-21)16-8-9-18-19(13-16)26-15-25-18/h8-9,13,17H,2-7,10-12,14-15H2,1H3. The highest BCUT2D eigenvalue weighted by Crippen LogP contribution is 2.44. The molecule has 1 saturated carbocycles. The molecule has 1 aliphatic carbocycles. The summed E-state index contributed by atoms with van der Waals surface area (Å²) in [6.45, 7) is 4.60. The summed E-state index contributed by atoms with van der Waals surface area (Å²) in [5.41, 5.74) is 0.644. The van der Waals surface area contributed by atoms with Gasteiger partial charge in [0.05, 0.1) is 11.5 Å². The number of carbonyl (C=O) groups is 1. The van der Waals surface area contributed by atoms with Gasteiger partial charge in [0.25, 0.3) is 0 Å². The summed E-state index contributed by atoms with van der Waals surface area (Å²) < 4.78 is 16.8. The zero-order chi connectivity index (χ0) is 18.0. The third-order valence-corrected chi connectivity index (χ3v) is 6.16. The number of likely N-dealkylation sites (N-methyl/N-ethyl adjacent to an activating group) is 1. The van der Waals surface area contributed by atoms with Crippen LogP contribution in [0.3, 0.4) is 0 Å². The lowest BCUT2D eigenvalue weighted by atomic mass is 9.68. The van der Waals surface area contributed by atoms with E-state index in [1.54, 1.807) is 0 Å². The van der Waals surface area contributed by atoms with Crippen LogP contribution in [0.5, 0.6) is 11.5 Å². The fourth-order valence-corrected chi connectivity index (χ4v) is 4.67. The number of ether oxygens (including phenoxy) is 3. The van der Waals surface area contributed by atoms with Crippen molar-refractivity contribution in [3.8, 4) is 11.5 Å². The van der Waals surface area contributed by atoms with Crippen molar-refractivity contribution in [2.75, 3.05) is 26.5 Å². The largest absolute Gasteiger partial charge is 0.454 e. The van der Waals surface area contributed by atoms with E-state index >= 15 is 0 Å². The number of benzene rings is 1. The van der Waals surface area contributed by atoms with Crippen molar-refractivity contribution in [1.82, 2.24) is 4.90 Å². The second-order valence-corrected chi connectivity index (χ2v) is 7.69. The summed E-state index contributed by atoms with van der Waals surface area (Å²) in [5.74, 6) is 1.80. The summed E-state index contributed by atoms with van der Waals surface area (Å²) in [4.78, 5) is 15.8. The molecule has 142 valence electrons. The van der Waals surface area contributed by atoms with Gasteiger partial charge in [-0.2, -0.15) is 0 Å². The maximum atomic E-state index is 13.7. The van der Waals surface area contributed by atoms with Crippen LogP contribution in [-0.4, -0.2) is 43.4 Å². The van der Waals surface area contributed by atoms with Gasteiger partial charge in [-0.25, -0.2) is 0 Å². The summed E-state index contributed by atoms with van der Waals surface area (Å²) in [5, 5.41) is 0. The van der Waals surface area contributed by atoms with Crippen molar-refractivity contribution in [2.45, 2.75) is 63.4 Å². The Morgan fingerprint density at radius 1 is 1.15 bits per heavy atom. The average molecular weight is 359 g/mol. The monoisotopic (exact) mass is 359 g/mol. The van der Waals surface area contributed by atoms with Crippen molar-refractivity contribution in [3.63, 3.8) is 0 Å². The highest BCUT2D eigenvalue weighted by atomic mass is 16.7. The molecule has 0 spiro atoms. The minimum atomic E-state index is -0.437. The predicted octanol–water partition coefficient (Wildman–Crippen LogP) is 3.64. The number of rotatable bonds is 5. The molecule has 5 nitrogen and oxygen atoms in total. The molecule has 3 aliphatic rings. The van der Waals surface area contributed by atoms with Gasteiger partial charge in [0.1, 0.15) is 0 Å². The van der Waals surface area contributed by atoms with Crippen LogP contribution in [0.2, 0.25) is 0 Å². The normalized spacial score (nSPS) is 23.8. The quantitative estimate of drug-likeness (QED) is 0.805. The van der Waals surface area contributed by atoms with Crippen LogP contribution in [0.15, 0.2) is 18.2 Å². The lowest BCUT2D eigenvalue weighted by Gasteiger charge is -2.40. The van der Waals surface area contributed by atoms with E-state index in [-0.39, 0.29) is 18.8 Å². The van der Waals surface area contributed by atoms with Gasteiger partial charge in [-0.3, -0.25) is 4.79 Å². The first-order valence-electron chi connectivity index (χ1n) is 10.0. The van der Waals surface area contributed by atoms with E-state index in [9.17, 15) is 4.79 Å². The zero-order valence-electron chi connectivity index (χ0n) is 15.7. The van der Waals surface area contributed by atoms with E-state index in [4.69, 9.17) is 14.2 Å². The van der Waals surface area contributed by atoms with Crippen LogP contribution in [0.4, 0.5) is 0 Å². The summed E-state index contributed by atoms with van der Waals surface area (Å²) >= 11 is 0. The second kappa shape index (κ2) is 7.47. The molecule has 2 fully saturated rings. The molecule has 0 aromatic heterocycles. The number of hydrogen-bond acceptors (Lipinski definition) is 4. The molecule has 0 bridgehead atoms. The molecule has 1 aromatic carbocycles. The Morgan fingerprint density at radius 2 is 1.96 bits per heavy atom. The summed E-state index contributed by atoms with van der Waals surface area (Å²) in [7, 11) is 0. The third-order valence-electron chi connectivity index (χ3n) is 6.16. The van der Waals surface area contributed by atoms with Gasteiger partial charge < -0.3 is 19.1 Å². The Morgan fingerprint density at radius 3 is 2.69 bits per heavy atom. The smallest absolute Gasteiger partial charge is 0.233 e. The first kappa shape index (κ1) is 17.7. The van der Waals surface area contributed by atoms with Crippen LogP contribution in [0.25, 0.3) is 0 Å². The van der Waals surface area contributed by atoms with E-state index in [1.165, 1.54) is 6.42 Å². The maximum Gasteiger partial charge on any atom is 0.233 e. The Bertz CT molecular complexity index is 647. The molecule has 4 rings (SSSR count). The molecule has 0 radical (unpaired) electrons. The number of nitrogens with zero attached hydrogens (tertiary/aromatic N) is 1. The molecule has 1 saturated heterocycles. The van der Waals surface area contributed by atoms with Crippen molar-refractivity contribution in [1.29, 1.82) is 0 Å². The average Bonchev–Trinajstić information content (AvgIpc) is 3.37. The molecule has 1 atom stereocenters. The number of hydrogen-bond donors (Lipinski definition) is 0. The van der Waals surface area contributed by atoms with Crippen LogP contribution >= 0.6 is 0 Å². The molecule has 5 heteroatoms. The van der Waals surface area contributed by atoms with E-state index in [1.807, 2.05) is 17.0 Å². The van der Waals surface area contributed by atoms with Crippen LogP contribution < -0.4 is 9.47 Å². The summed E-state index contributed by atoms with van der Waals surface area (Å²) in [6, 6.07) is 6.06. The Labute approximate surface area is 155 Å². The predicted molar refractivity (Wildman–Crippen MR) is 98.6 cm³/mol. The van der Waals surface area contributed by atoms with Gasteiger partial charge in [-0.1, -0.05) is 25.3 Å². The van der Waals surface area contributed by atoms with Crippen molar-refractivity contribution >= 4 is 5.91 Å². The van der Waals surface area contributed by atoms with Crippen LogP contribution in [0, 0.1) is 0 Å². The van der Waals surface area contributed by atoms with Gasteiger partial charge in [-0.15, -0.1) is 0 Å². The molecule has 2 aliphatic heterocycles. The maximum absolute atomic E-state index is 13.7. The van der Waals surface area contributed by atoms with E-state index < -0.39 is 5.41 Å². The van der Waals surface area contributed by atoms with E-state index in [0.717, 1.165) is 68.7 Å². The van der Waals surface area contributed by atoms with Gasteiger partial charge >= 0.3 is 0 Å². The van der Waals surface area contributed by atoms with E-state index in [2.05, 4.69) is 13.0 Å². The summed E-state index contributed by atoms with van der Waals surface area (Å²) in [6.07, 6.45) is 7.56. The van der Waals surface area contributed by atoms with Gasteiger partial charge in [-0.05, 0) is 50.3 Å². The molecule has 1 amide bonds. The first-order chi connectivity index (χ1) is 12.7. The van der Waals surface area contributed by atoms with Crippen LogP contribution in [-0.2, 0) is 14.9 Å². The topological polar surface area (TPSA) is 48.0 Å². The lowest BCUT2D eigenvalue weighted by molar-refractivity contribution is -0.140. The minimum absolute atomic E-state index is 0.191. The molecule has 1 unspecified atom stereocenters. The van der Waals surface area contributed by atoms with E-state index in [0.29, 0.717) is 6.54 Å². The SMILES string of the molecule is CCN(CC1CCCO1)C(=O)C1(c2ccc3c(c2)OCO3)CCCCC1. The fourth-order valence-electron chi connectivity index (χ4n) is 4.67. The minimum Gasteiger partial charge on any atom is -0.454 e. The first-order valence-corrected chi connectivity index (χ1v) is 10.0. The third kappa shape index (κ3) is 3.18. The Hall–Kier alpha value is -1.75.